The number of hydrogen-bond acceptors (Lipinski definition) is 6. The molecule has 0 aliphatic carbocycles. The van der Waals surface area contributed by atoms with Gasteiger partial charge >= 0.3 is 0 Å². The Bertz CT molecular complexity index is 1050. The predicted molar refractivity (Wildman–Crippen MR) is 130 cm³/mol. The molecule has 2 aromatic carbocycles. The maximum absolute atomic E-state index is 11.7. The third-order valence-corrected chi connectivity index (χ3v) is 7.30. The highest BCUT2D eigenvalue weighted by atomic mass is 32.2. The van der Waals surface area contributed by atoms with Crippen molar-refractivity contribution >= 4 is 46.0 Å². The predicted octanol–water partition coefficient (Wildman–Crippen LogP) is 5.33. The normalized spacial score (nSPS) is 18.3. The van der Waals surface area contributed by atoms with E-state index >= 15 is 0 Å². The van der Waals surface area contributed by atoms with E-state index in [0.29, 0.717) is 5.84 Å². The van der Waals surface area contributed by atoms with Crippen molar-refractivity contribution in [1.29, 1.82) is 0 Å². The van der Waals surface area contributed by atoms with Crippen molar-refractivity contribution in [2.45, 2.75) is 43.3 Å². The van der Waals surface area contributed by atoms with Gasteiger partial charge in [-0.3, -0.25) is 4.79 Å². The quantitative estimate of drug-likeness (QED) is 0.215. The molecule has 1 amide bonds. The van der Waals surface area contributed by atoms with Crippen molar-refractivity contribution in [2.24, 2.45) is 10.3 Å². The highest BCUT2D eigenvalue weighted by Crippen LogP contribution is 2.35. The molecule has 8 heteroatoms. The zero-order valence-electron chi connectivity index (χ0n) is 17.9. The van der Waals surface area contributed by atoms with E-state index in [2.05, 4.69) is 51.8 Å². The average molecular weight is 455 g/mol. The van der Waals surface area contributed by atoms with E-state index in [4.69, 9.17) is 0 Å². The van der Waals surface area contributed by atoms with Crippen molar-refractivity contribution in [3.63, 3.8) is 0 Å². The van der Waals surface area contributed by atoms with Gasteiger partial charge in [0.05, 0.1) is 10.5 Å². The van der Waals surface area contributed by atoms with E-state index in [-0.39, 0.29) is 5.24 Å². The van der Waals surface area contributed by atoms with Gasteiger partial charge in [0.25, 0.3) is 5.24 Å². The Morgan fingerprint density at radius 3 is 2.74 bits per heavy atom. The topological polar surface area (TPSA) is 77.3 Å². The van der Waals surface area contributed by atoms with Crippen LogP contribution in [-0.4, -0.2) is 39.0 Å². The van der Waals surface area contributed by atoms with Gasteiger partial charge in [0.1, 0.15) is 0 Å². The lowest BCUT2D eigenvalue weighted by atomic mass is 9.93. The first kappa shape index (κ1) is 21.8. The van der Waals surface area contributed by atoms with Crippen LogP contribution in [0.4, 0.5) is 10.5 Å². The number of carbonyl (C=O) groups is 1. The summed E-state index contributed by atoms with van der Waals surface area (Å²) < 4.78 is -0.402. The number of rotatable bonds is 4. The van der Waals surface area contributed by atoms with E-state index in [1.165, 1.54) is 22.2 Å². The van der Waals surface area contributed by atoms with E-state index in [1.807, 2.05) is 32.0 Å². The molecule has 0 aromatic heterocycles. The smallest absolute Gasteiger partial charge is 0.300 e. The van der Waals surface area contributed by atoms with E-state index in [0.717, 1.165) is 47.7 Å². The summed E-state index contributed by atoms with van der Waals surface area (Å²) in [5.74, 6) is 1.58. The first-order valence-electron chi connectivity index (χ1n) is 10.4. The average Bonchev–Trinajstić information content (AvgIpc) is 2.75. The monoisotopic (exact) mass is 454 g/mol. The maximum atomic E-state index is 11.7. The number of oxime groups is 1. The van der Waals surface area contributed by atoms with Crippen molar-refractivity contribution < 1.29 is 10.0 Å². The van der Waals surface area contributed by atoms with Gasteiger partial charge in [-0.2, -0.15) is 5.10 Å². The summed E-state index contributed by atoms with van der Waals surface area (Å²) in [6.07, 6.45) is 1.90. The summed E-state index contributed by atoms with van der Waals surface area (Å²) in [5, 5.41) is 17.7. The standard InChI is InChI=1S/C23H26N4O2S2/c1-4-30-18-10-7-15(8-11-18)21(26-29)27-13-5-6-16-14-17(9-12-19(16)27)20-23(2,3)31-22(28)25-24-20/h7-12,14,29H,4-6,13H2,1-3H3,(H,25,28). The van der Waals surface area contributed by atoms with Crippen LogP contribution in [0.5, 0.6) is 0 Å². The Balaban J connectivity index is 1.66. The van der Waals surface area contributed by atoms with Crippen LogP contribution in [0.1, 0.15) is 43.9 Å². The summed E-state index contributed by atoms with van der Waals surface area (Å²) in [4.78, 5) is 15.0. The molecular weight excluding hydrogens is 428 g/mol. The Hall–Kier alpha value is -2.45. The molecule has 2 aromatic rings. The van der Waals surface area contributed by atoms with Crippen LogP contribution in [0.25, 0.3) is 0 Å². The number of amides is 1. The summed E-state index contributed by atoms with van der Waals surface area (Å²) in [7, 11) is 0. The SMILES string of the molecule is CCSc1ccc(C(=NO)N2CCCc3cc(C4=NNC(=O)SC4(C)C)ccc32)cc1. The maximum Gasteiger partial charge on any atom is 0.300 e. The molecule has 2 aliphatic heterocycles. The molecule has 2 aliphatic rings. The van der Waals surface area contributed by atoms with E-state index in [1.54, 1.807) is 11.8 Å². The number of thioether (sulfide) groups is 2. The minimum absolute atomic E-state index is 0.134. The Kier molecular flexibility index (Phi) is 6.29. The third kappa shape index (κ3) is 4.45. The molecule has 4 rings (SSSR count). The van der Waals surface area contributed by atoms with Gasteiger partial charge < -0.3 is 10.1 Å². The lowest BCUT2D eigenvalue weighted by Gasteiger charge is -2.33. The number of anilines is 1. The zero-order valence-corrected chi connectivity index (χ0v) is 19.5. The fourth-order valence-corrected chi connectivity index (χ4v) is 5.53. The minimum atomic E-state index is -0.402. The summed E-state index contributed by atoms with van der Waals surface area (Å²) in [6, 6.07) is 14.4. The van der Waals surface area contributed by atoms with E-state index in [9.17, 15) is 10.0 Å². The number of amidine groups is 1. The number of aryl methyl sites for hydroxylation is 1. The fourth-order valence-electron chi connectivity index (χ4n) is 4.05. The van der Waals surface area contributed by atoms with Crippen LogP contribution >= 0.6 is 23.5 Å². The minimum Gasteiger partial charge on any atom is -0.409 e. The molecule has 0 unspecified atom stereocenters. The van der Waals surface area contributed by atoms with Gasteiger partial charge in [0.15, 0.2) is 5.84 Å². The van der Waals surface area contributed by atoms with Crippen LogP contribution in [0.2, 0.25) is 0 Å². The Labute approximate surface area is 191 Å². The first-order chi connectivity index (χ1) is 14.9. The first-order valence-corrected chi connectivity index (χ1v) is 12.2. The van der Waals surface area contributed by atoms with Crippen molar-refractivity contribution in [3.05, 3.63) is 59.2 Å². The molecule has 31 heavy (non-hydrogen) atoms. The number of fused-ring (bicyclic) bond motifs is 1. The van der Waals surface area contributed by atoms with Crippen molar-refractivity contribution in [3.8, 4) is 0 Å². The summed E-state index contributed by atoms with van der Waals surface area (Å²) >= 11 is 3.04. The van der Waals surface area contributed by atoms with Crippen LogP contribution in [0, 0.1) is 0 Å². The van der Waals surface area contributed by atoms with Gasteiger partial charge in [-0.15, -0.1) is 11.8 Å². The van der Waals surface area contributed by atoms with Gasteiger partial charge in [-0.05, 0) is 67.8 Å². The highest BCUT2D eigenvalue weighted by molar-refractivity contribution is 8.15. The lowest BCUT2D eigenvalue weighted by Crippen LogP contribution is -2.39. The molecule has 0 fully saturated rings. The zero-order chi connectivity index (χ0) is 22.0. The van der Waals surface area contributed by atoms with Gasteiger partial charge in [0, 0.05) is 22.7 Å². The molecular formula is C23H26N4O2S2. The molecule has 0 atom stereocenters. The molecule has 0 saturated heterocycles. The number of hydrogen-bond donors (Lipinski definition) is 2. The van der Waals surface area contributed by atoms with Crippen LogP contribution in [-0.2, 0) is 6.42 Å². The van der Waals surface area contributed by atoms with Crippen LogP contribution in [0.15, 0.2) is 57.6 Å². The number of nitrogens with one attached hydrogen (secondary N) is 1. The third-order valence-electron chi connectivity index (χ3n) is 5.42. The summed E-state index contributed by atoms with van der Waals surface area (Å²) in [5.41, 5.74) is 7.56. The largest absolute Gasteiger partial charge is 0.409 e. The lowest BCUT2D eigenvalue weighted by molar-refractivity contribution is 0.260. The molecule has 0 bridgehead atoms. The second-order valence-electron chi connectivity index (χ2n) is 7.95. The fraction of sp³-hybridized carbons (Fsp3) is 0.348. The molecule has 6 nitrogen and oxygen atoms in total. The second-order valence-corrected chi connectivity index (χ2v) is 10.9. The summed E-state index contributed by atoms with van der Waals surface area (Å²) in [6.45, 7) is 6.94. The molecule has 162 valence electrons. The van der Waals surface area contributed by atoms with Crippen molar-refractivity contribution in [1.82, 2.24) is 5.43 Å². The number of hydrazone groups is 1. The van der Waals surface area contributed by atoms with Crippen LogP contribution in [0.3, 0.4) is 0 Å². The number of nitrogens with zero attached hydrogens (tertiary/aromatic N) is 3. The number of carbonyl (C=O) groups excluding carboxylic acids is 1. The molecule has 2 heterocycles. The second kappa shape index (κ2) is 8.96. The molecule has 0 saturated carbocycles. The van der Waals surface area contributed by atoms with Crippen molar-refractivity contribution in [2.75, 3.05) is 17.2 Å². The Morgan fingerprint density at radius 1 is 1.29 bits per heavy atom. The molecule has 0 radical (unpaired) electrons. The van der Waals surface area contributed by atoms with Gasteiger partial charge in [0.2, 0.25) is 0 Å². The molecule has 0 spiro atoms. The molecule has 2 N–H and O–H groups in total. The van der Waals surface area contributed by atoms with Gasteiger partial charge in [-0.25, -0.2) is 5.43 Å². The van der Waals surface area contributed by atoms with Gasteiger partial charge in [-0.1, -0.05) is 42.0 Å². The Morgan fingerprint density at radius 2 is 2.06 bits per heavy atom. The highest BCUT2D eigenvalue weighted by Gasteiger charge is 2.34. The van der Waals surface area contributed by atoms with E-state index < -0.39 is 4.75 Å². The van der Waals surface area contributed by atoms with Crippen LogP contribution < -0.4 is 10.3 Å². The number of benzene rings is 2.